The molecular weight excluding hydrogens is 430 g/mol. The molecule has 0 bridgehead atoms. The van der Waals surface area contributed by atoms with E-state index in [0.29, 0.717) is 11.1 Å². The number of alkyl halides is 3. The molecule has 7 nitrogen and oxygen atoms in total. The lowest BCUT2D eigenvalue weighted by Gasteiger charge is -2.23. The number of nitrogens with one attached hydrogen (secondary N) is 1. The fourth-order valence-corrected chi connectivity index (χ4v) is 2.94. The third-order valence-electron chi connectivity index (χ3n) is 3.98. The van der Waals surface area contributed by atoms with E-state index in [1.165, 1.54) is 29.2 Å². The van der Waals surface area contributed by atoms with Crippen LogP contribution in [0.3, 0.4) is 0 Å². The van der Waals surface area contributed by atoms with Gasteiger partial charge in [-0.3, -0.25) is 4.79 Å². The molecule has 0 radical (unpaired) electrons. The molecule has 1 aromatic heterocycles. The largest absolute Gasteiger partial charge is 0.573 e. The van der Waals surface area contributed by atoms with Crippen molar-refractivity contribution in [1.29, 1.82) is 0 Å². The van der Waals surface area contributed by atoms with E-state index in [1.54, 1.807) is 6.92 Å². The van der Waals surface area contributed by atoms with Crippen LogP contribution in [-0.4, -0.2) is 32.9 Å². The first kappa shape index (κ1) is 21.5. The zero-order chi connectivity index (χ0) is 21.9. The molecule has 3 aromatic rings. The van der Waals surface area contributed by atoms with E-state index >= 15 is 0 Å². The SMILES string of the molecule is CCC(=O)N(Cc1ccc(OC(F)(F)F)c(Cl)c1)c1cc(F)cc(-c2nnn[nH]2)c1. The fraction of sp³-hybridized carbons (Fsp3) is 0.222. The van der Waals surface area contributed by atoms with Gasteiger partial charge in [-0.05, 0) is 46.3 Å². The van der Waals surface area contributed by atoms with Crippen LogP contribution in [0.15, 0.2) is 36.4 Å². The predicted molar refractivity (Wildman–Crippen MR) is 99.2 cm³/mol. The van der Waals surface area contributed by atoms with Gasteiger partial charge >= 0.3 is 6.36 Å². The Morgan fingerprint density at radius 3 is 2.60 bits per heavy atom. The van der Waals surface area contributed by atoms with Gasteiger partial charge in [-0.2, -0.15) is 0 Å². The maximum atomic E-state index is 14.2. The minimum absolute atomic E-state index is 0.0593. The lowest BCUT2D eigenvalue weighted by molar-refractivity contribution is -0.274. The number of ether oxygens (including phenoxy) is 1. The van der Waals surface area contributed by atoms with Gasteiger partial charge in [0.05, 0.1) is 11.6 Å². The molecule has 0 aliphatic carbocycles. The molecular formula is C18H14ClF4N5O2. The number of rotatable bonds is 6. The fourth-order valence-electron chi connectivity index (χ4n) is 2.70. The first-order valence-corrected chi connectivity index (χ1v) is 8.93. The van der Waals surface area contributed by atoms with Gasteiger partial charge in [0.25, 0.3) is 0 Å². The van der Waals surface area contributed by atoms with Gasteiger partial charge in [0.2, 0.25) is 5.91 Å². The van der Waals surface area contributed by atoms with E-state index in [1.807, 2.05) is 0 Å². The summed E-state index contributed by atoms with van der Waals surface area (Å²) in [4.78, 5) is 13.8. The molecule has 3 rings (SSSR count). The quantitative estimate of drug-likeness (QED) is 0.567. The zero-order valence-electron chi connectivity index (χ0n) is 15.4. The standard InChI is InChI=1S/C18H14ClF4N5O2/c1-2-16(29)28(9-10-3-4-15(14(19)5-10)30-18(21,22)23)13-7-11(6-12(20)8-13)17-24-26-27-25-17/h3-8H,2,9H2,1H3,(H,24,25,26,27). The van der Waals surface area contributed by atoms with Crippen LogP contribution in [-0.2, 0) is 11.3 Å². The van der Waals surface area contributed by atoms with E-state index in [-0.39, 0.29) is 35.4 Å². The number of tetrazole rings is 1. The number of aromatic nitrogens is 4. The van der Waals surface area contributed by atoms with Gasteiger partial charge < -0.3 is 9.64 Å². The third kappa shape index (κ3) is 5.23. The molecule has 0 saturated heterocycles. The van der Waals surface area contributed by atoms with Gasteiger partial charge in [-0.15, -0.1) is 18.3 Å². The van der Waals surface area contributed by atoms with Crippen molar-refractivity contribution in [2.45, 2.75) is 26.3 Å². The minimum atomic E-state index is -4.89. The Balaban J connectivity index is 1.93. The summed E-state index contributed by atoms with van der Waals surface area (Å²) >= 11 is 5.88. The average Bonchev–Trinajstić information content (AvgIpc) is 3.21. The smallest absolute Gasteiger partial charge is 0.404 e. The summed E-state index contributed by atoms with van der Waals surface area (Å²) < 4.78 is 55.3. The highest BCUT2D eigenvalue weighted by molar-refractivity contribution is 6.32. The van der Waals surface area contributed by atoms with Crippen LogP contribution in [0.4, 0.5) is 23.2 Å². The summed E-state index contributed by atoms with van der Waals surface area (Å²) in [5.41, 5.74) is 0.958. The normalized spacial score (nSPS) is 11.4. The van der Waals surface area contributed by atoms with Crippen LogP contribution in [0, 0.1) is 5.82 Å². The number of H-pyrrole nitrogens is 1. The Kier molecular flexibility index (Phi) is 6.20. The number of halogens is 5. The highest BCUT2D eigenvalue weighted by Gasteiger charge is 2.32. The van der Waals surface area contributed by atoms with Gasteiger partial charge in [0, 0.05) is 17.7 Å². The zero-order valence-corrected chi connectivity index (χ0v) is 16.1. The predicted octanol–water partition coefficient (Wildman–Crippen LogP) is 4.50. The Labute approximate surface area is 172 Å². The first-order chi connectivity index (χ1) is 14.2. The van der Waals surface area contributed by atoms with Gasteiger partial charge in [0.15, 0.2) is 5.82 Å². The monoisotopic (exact) mass is 443 g/mol. The summed E-state index contributed by atoms with van der Waals surface area (Å²) in [6.45, 7) is 1.57. The second-order valence-corrected chi connectivity index (χ2v) is 6.50. The molecule has 0 aliphatic rings. The molecule has 0 saturated carbocycles. The third-order valence-corrected chi connectivity index (χ3v) is 4.27. The van der Waals surface area contributed by atoms with Crippen molar-refractivity contribution < 1.29 is 27.1 Å². The van der Waals surface area contributed by atoms with Crippen LogP contribution in [0.5, 0.6) is 5.75 Å². The lowest BCUT2D eigenvalue weighted by atomic mass is 10.1. The molecule has 1 amide bonds. The summed E-state index contributed by atoms with van der Waals surface area (Å²) in [5.74, 6) is -1.32. The van der Waals surface area contributed by atoms with E-state index in [4.69, 9.17) is 11.6 Å². The second-order valence-electron chi connectivity index (χ2n) is 6.09. The van der Waals surface area contributed by atoms with Gasteiger partial charge in [-0.25, -0.2) is 9.49 Å². The molecule has 0 atom stereocenters. The Morgan fingerprint density at radius 1 is 1.23 bits per heavy atom. The number of hydrogen-bond donors (Lipinski definition) is 1. The summed E-state index contributed by atoms with van der Waals surface area (Å²) in [6.07, 6.45) is -4.78. The molecule has 30 heavy (non-hydrogen) atoms. The Bertz CT molecular complexity index is 1040. The van der Waals surface area contributed by atoms with Crippen molar-refractivity contribution in [3.8, 4) is 17.1 Å². The average molecular weight is 444 g/mol. The molecule has 0 aliphatic heterocycles. The van der Waals surface area contributed by atoms with Gasteiger partial charge in [0.1, 0.15) is 11.6 Å². The number of aromatic amines is 1. The van der Waals surface area contributed by atoms with E-state index in [2.05, 4.69) is 25.4 Å². The van der Waals surface area contributed by atoms with Crippen LogP contribution in [0.2, 0.25) is 5.02 Å². The van der Waals surface area contributed by atoms with Crippen molar-refractivity contribution in [2.24, 2.45) is 0 Å². The minimum Gasteiger partial charge on any atom is -0.404 e. The summed E-state index contributed by atoms with van der Waals surface area (Å²) in [7, 11) is 0. The number of carbonyl (C=O) groups is 1. The molecule has 0 fully saturated rings. The first-order valence-electron chi connectivity index (χ1n) is 8.55. The molecule has 158 valence electrons. The molecule has 2 aromatic carbocycles. The molecule has 0 unspecified atom stereocenters. The molecule has 1 N–H and O–H groups in total. The van der Waals surface area contributed by atoms with Gasteiger partial charge in [-0.1, -0.05) is 24.6 Å². The highest BCUT2D eigenvalue weighted by atomic mass is 35.5. The van der Waals surface area contributed by atoms with E-state index in [9.17, 15) is 22.4 Å². The number of benzene rings is 2. The summed E-state index contributed by atoms with van der Waals surface area (Å²) in [6, 6.07) is 7.51. The lowest BCUT2D eigenvalue weighted by Crippen LogP contribution is -2.29. The maximum Gasteiger partial charge on any atom is 0.573 e. The number of anilines is 1. The molecule has 1 heterocycles. The second kappa shape index (κ2) is 8.66. The van der Waals surface area contributed by atoms with Crippen LogP contribution >= 0.6 is 11.6 Å². The number of hydrogen-bond acceptors (Lipinski definition) is 5. The maximum absolute atomic E-state index is 14.2. The Hall–Kier alpha value is -3.21. The van der Waals surface area contributed by atoms with Crippen molar-refractivity contribution in [1.82, 2.24) is 20.6 Å². The van der Waals surface area contributed by atoms with Crippen molar-refractivity contribution in [3.05, 3.63) is 52.8 Å². The number of carbonyl (C=O) groups excluding carboxylic acids is 1. The van der Waals surface area contributed by atoms with Crippen LogP contribution < -0.4 is 9.64 Å². The Morgan fingerprint density at radius 2 is 2.00 bits per heavy atom. The van der Waals surface area contributed by atoms with Crippen molar-refractivity contribution >= 4 is 23.2 Å². The van der Waals surface area contributed by atoms with E-state index in [0.717, 1.165) is 12.1 Å². The number of amides is 1. The number of nitrogens with zero attached hydrogens (tertiary/aromatic N) is 4. The highest BCUT2D eigenvalue weighted by Crippen LogP contribution is 2.32. The molecule has 0 spiro atoms. The topological polar surface area (TPSA) is 84.0 Å². The van der Waals surface area contributed by atoms with E-state index < -0.39 is 17.9 Å². The van der Waals surface area contributed by atoms with Crippen molar-refractivity contribution in [2.75, 3.05) is 4.90 Å². The molecule has 12 heteroatoms. The van der Waals surface area contributed by atoms with Crippen LogP contribution in [0.25, 0.3) is 11.4 Å². The van der Waals surface area contributed by atoms with Crippen LogP contribution in [0.1, 0.15) is 18.9 Å². The van der Waals surface area contributed by atoms with Crippen molar-refractivity contribution in [3.63, 3.8) is 0 Å². The summed E-state index contributed by atoms with van der Waals surface area (Å²) in [5, 5.41) is 12.8.